The van der Waals surface area contributed by atoms with E-state index >= 15 is 0 Å². The number of ether oxygens (including phenoxy) is 1. The van der Waals surface area contributed by atoms with Gasteiger partial charge in [0, 0.05) is 25.8 Å². The molecule has 0 bridgehead atoms. The van der Waals surface area contributed by atoms with Crippen LogP contribution in [-0.4, -0.2) is 37.2 Å². The SMILES string of the molecule is O=C(Cc1ccc2c(c1)CCC2)NCc1ccnc(N2CCOCC2)c1. The van der Waals surface area contributed by atoms with Crippen LogP contribution in [0.1, 0.15) is 28.7 Å². The molecule has 4 rings (SSSR count). The molecular weight excluding hydrogens is 326 g/mol. The Hall–Kier alpha value is -2.40. The maximum atomic E-state index is 12.3. The van der Waals surface area contributed by atoms with Crippen molar-refractivity contribution >= 4 is 11.7 Å². The van der Waals surface area contributed by atoms with Gasteiger partial charge >= 0.3 is 0 Å². The van der Waals surface area contributed by atoms with Crippen LogP contribution in [0.5, 0.6) is 0 Å². The van der Waals surface area contributed by atoms with Crippen LogP contribution >= 0.6 is 0 Å². The minimum absolute atomic E-state index is 0.0627. The second-order valence-corrected chi connectivity index (χ2v) is 7.03. The molecule has 1 aromatic heterocycles. The van der Waals surface area contributed by atoms with Gasteiger partial charge in [0.2, 0.25) is 5.91 Å². The van der Waals surface area contributed by atoms with Crippen molar-refractivity contribution in [2.75, 3.05) is 31.2 Å². The van der Waals surface area contributed by atoms with Crippen LogP contribution in [0.4, 0.5) is 5.82 Å². The summed E-state index contributed by atoms with van der Waals surface area (Å²) in [5.74, 6) is 1.02. The van der Waals surface area contributed by atoms with Gasteiger partial charge in [-0.3, -0.25) is 4.79 Å². The zero-order valence-corrected chi connectivity index (χ0v) is 15.0. The quantitative estimate of drug-likeness (QED) is 0.898. The molecule has 0 saturated carbocycles. The molecule has 2 aromatic rings. The first-order valence-electron chi connectivity index (χ1n) is 9.43. The number of hydrogen-bond donors (Lipinski definition) is 1. The average molecular weight is 351 g/mol. The number of anilines is 1. The Balaban J connectivity index is 1.32. The molecule has 0 spiro atoms. The van der Waals surface area contributed by atoms with Crippen LogP contribution in [0.3, 0.4) is 0 Å². The molecule has 1 amide bonds. The number of morpholine rings is 1. The zero-order valence-electron chi connectivity index (χ0n) is 15.0. The summed E-state index contributed by atoms with van der Waals surface area (Å²) < 4.78 is 5.39. The lowest BCUT2D eigenvalue weighted by Crippen LogP contribution is -2.36. The number of hydrogen-bond acceptors (Lipinski definition) is 4. The first-order chi connectivity index (χ1) is 12.8. The van der Waals surface area contributed by atoms with Crippen molar-refractivity contribution < 1.29 is 9.53 Å². The third-order valence-electron chi connectivity index (χ3n) is 5.16. The predicted molar refractivity (Wildman–Crippen MR) is 101 cm³/mol. The van der Waals surface area contributed by atoms with Gasteiger partial charge in [0.25, 0.3) is 0 Å². The number of rotatable bonds is 5. The normalized spacial score (nSPS) is 16.4. The summed E-state index contributed by atoms with van der Waals surface area (Å²) in [5.41, 5.74) is 5.04. The van der Waals surface area contributed by atoms with E-state index in [1.165, 1.54) is 24.0 Å². The lowest BCUT2D eigenvalue weighted by atomic mass is 10.0. The van der Waals surface area contributed by atoms with Crippen LogP contribution < -0.4 is 10.2 Å². The standard InChI is InChI=1S/C21H25N3O2/c25-21(14-16-4-5-18-2-1-3-19(18)12-16)23-15-17-6-7-22-20(13-17)24-8-10-26-11-9-24/h4-7,12-13H,1-3,8-11,14-15H2,(H,23,25). The largest absolute Gasteiger partial charge is 0.378 e. The Morgan fingerprint density at radius 1 is 1.08 bits per heavy atom. The number of nitrogens with one attached hydrogen (secondary N) is 1. The van der Waals surface area contributed by atoms with E-state index < -0.39 is 0 Å². The van der Waals surface area contributed by atoms with Crippen molar-refractivity contribution in [3.63, 3.8) is 0 Å². The van der Waals surface area contributed by atoms with E-state index in [0.717, 1.165) is 49.7 Å². The summed E-state index contributed by atoms with van der Waals surface area (Å²) in [6.45, 7) is 3.73. The monoisotopic (exact) mass is 351 g/mol. The second-order valence-electron chi connectivity index (χ2n) is 7.03. The Kier molecular flexibility index (Phi) is 5.16. The summed E-state index contributed by atoms with van der Waals surface area (Å²) in [5, 5.41) is 3.04. The molecule has 1 N–H and O–H groups in total. The van der Waals surface area contributed by atoms with Gasteiger partial charge < -0.3 is 15.0 Å². The third-order valence-corrected chi connectivity index (χ3v) is 5.16. The molecule has 5 nitrogen and oxygen atoms in total. The average Bonchev–Trinajstić information content (AvgIpc) is 3.15. The number of nitrogens with zero attached hydrogens (tertiary/aromatic N) is 2. The van der Waals surface area contributed by atoms with Gasteiger partial charge in [-0.15, -0.1) is 0 Å². The van der Waals surface area contributed by atoms with E-state index in [1.54, 1.807) is 0 Å². The van der Waals surface area contributed by atoms with Crippen LogP contribution in [0.2, 0.25) is 0 Å². The van der Waals surface area contributed by atoms with Gasteiger partial charge in [0.15, 0.2) is 0 Å². The molecular formula is C21H25N3O2. The number of amides is 1. The highest BCUT2D eigenvalue weighted by Crippen LogP contribution is 2.23. The molecule has 5 heteroatoms. The number of carbonyl (C=O) groups is 1. The van der Waals surface area contributed by atoms with E-state index in [1.807, 2.05) is 12.3 Å². The van der Waals surface area contributed by atoms with Gasteiger partial charge in [0.05, 0.1) is 19.6 Å². The maximum absolute atomic E-state index is 12.3. The Bertz CT molecular complexity index is 785. The van der Waals surface area contributed by atoms with Crippen molar-refractivity contribution in [3.05, 3.63) is 58.8 Å². The number of pyridine rings is 1. The molecule has 1 saturated heterocycles. The first kappa shape index (κ1) is 17.0. The van der Waals surface area contributed by atoms with Gasteiger partial charge in [-0.25, -0.2) is 4.98 Å². The molecule has 0 unspecified atom stereocenters. The second kappa shape index (κ2) is 7.87. The highest BCUT2D eigenvalue weighted by molar-refractivity contribution is 5.78. The number of carbonyl (C=O) groups excluding carboxylic acids is 1. The van der Waals surface area contributed by atoms with Crippen LogP contribution in [0.25, 0.3) is 0 Å². The number of aromatic nitrogens is 1. The maximum Gasteiger partial charge on any atom is 0.224 e. The molecule has 0 atom stereocenters. The minimum Gasteiger partial charge on any atom is -0.378 e. The summed E-state index contributed by atoms with van der Waals surface area (Å²) in [6, 6.07) is 10.5. The lowest BCUT2D eigenvalue weighted by molar-refractivity contribution is -0.120. The molecule has 1 fully saturated rings. The molecule has 2 heterocycles. The Morgan fingerprint density at radius 2 is 1.92 bits per heavy atom. The van der Waals surface area contributed by atoms with E-state index in [4.69, 9.17) is 4.74 Å². The van der Waals surface area contributed by atoms with Gasteiger partial charge in [-0.05, 0) is 53.6 Å². The predicted octanol–water partition coefficient (Wildman–Crippen LogP) is 2.27. The number of aryl methyl sites for hydroxylation is 2. The van der Waals surface area contributed by atoms with E-state index in [0.29, 0.717) is 13.0 Å². The van der Waals surface area contributed by atoms with Gasteiger partial charge in [0.1, 0.15) is 5.82 Å². The fourth-order valence-corrected chi connectivity index (χ4v) is 3.72. The fraction of sp³-hybridized carbons (Fsp3) is 0.429. The van der Waals surface area contributed by atoms with Crippen LogP contribution in [-0.2, 0) is 35.3 Å². The number of benzene rings is 1. The lowest BCUT2D eigenvalue weighted by Gasteiger charge is -2.28. The molecule has 0 radical (unpaired) electrons. The molecule has 1 aliphatic carbocycles. The Morgan fingerprint density at radius 3 is 2.81 bits per heavy atom. The summed E-state index contributed by atoms with van der Waals surface area (Å²) in [6.07, 6.45) is 5.81. The summed E-state index contributed by atoms with van der Waals surface area (Å²) >= 11 is 0. The summed E-state index contributed by atoms with van der Waals surface area (Å²) in [7, 11) is 0. The molecule has 26 heavy (non-hydrogen) atoms. The van der Waals surface area contributed by atoms with Crippen molar-refractivity contribution in [2.45, 2.75) is 32.2 Å². The molecule has 2 aliphatic rings. The smallest absolute Gasteiger partial charge is 0.224 e. The zero-order chi connectivity index (χ0) is 17.8. The fourth-order valence-electron chi connectivity index (χ4n) is 3.72. The van der Waals surface area contributed by atoms with E-state index in [9.17, 15) is 4.79 Å². The van der Waals surface area contributed by atoms with Crippen molar-refractivity contribution in [2.24, 2.45) is 0 Å². The van der Waals surface area contributed by atoms with Gasteiger partial charge in [-0.2, -0.15) is 0 Å². The van der Waals surface area contributed by atoms with Crippen molar-refractivity contribution in [1.29, 1.82) is 0 Å². The third kappa shape index (κ3) is 4.05. The summed E-state index contributed by atoms with van der Waals surface area (Å²) in [4.78, 5) is 19.0. The molecule has 1 aromatic carbocycles. The molecule has 136 valence electrons. The van der Waals surface area contributed by atoms with E-state index in [2.05, 4.69) is 39.5 Å². The van der Waals surface area contributed by atoms with Crippen molar-refractivity contribution in [1.82, 2.24) is 10.3 Å². The topological polar surface area (TPSA) is 54.5 Å². The minimum atomic E-state index is 0.0627. The van der Waals surface area contributed by atoms with Crippen molar-refractivity contribution in [3.8, 4) is 0 Å². The Labute approximate surface area is 154 Å². The number of fused-ring (bicyclic) bond motifs is 1. The first-order valence-corrected chi connectivity index (χ1v) is 9.43. The van der Waals surface area contributed by atoms with Crippen LogP contribution in [0, 0.1) is 0 Å². The molecule has 1 aliphatic heterocycles. The van der Waals surface area contributed by atoms with Crippen LogP contribution in [0.15, 0.2) is 36.5 Å². The van der Waals surface area contributed by atoms with E-state index in [-0.39, 0.29) is 5.91 Å². The highest BCUT2D eigenvalue weighted by Gasteiger charge is 2.14. The highest BCUT2D eigenvalue weighted by atomic mass is 16.5. The van der Waals surface area contributed by atoms with Gasteiger partial charge in [-0.1, -0.05) is 18.2 Å².